The molecule has 1 atom stereocenters. The number of amides is 2. The molecule has 0 aromatic heterocycles. The molecule has 1 N–H and O–H groups in total. The summed E-state index contributed by atoms with van der Waals surface area (Å²) in [7, 11) is -1.49. The average molecular weight is 324 g/mol. The molecule has 1 aliphatic rings. The maximum absolute atomic E-state index is 12.0. The molecule has 1 aliphatic heterocycles. The first-order chi connectivity index (χ1) is 10.4. The van der Waals surface area contributed by atoms with Gasteiger partial charge in [0.25, 0.3) is 0 Å². The Morgan fingerprint density at radius 1 is 1.27 bits per heavy atom. The van der Waals surface area contributed by atoms with Crippen LogP contribution in [0.2, 0.25) is 0 Å². The summed E-state index contributed by atoms with van der Waals surface area (Å²) in [6.07, 6.45) is 0.177. The van der Waals surface area contributed by atoms with Gasteiger partial charge in [0.15, 0.2) is 9.84 Å². The molecule has 6 nitrogen and oxygen atoms in total. The Kier molecular flexibility index (Phi) is 5.18. The molecular weight excluding hydrogens is 304 g/mol. The van der Waals surface area contributed by atoms with Gasteiger partial charge in [-0.1, -0.05) is 30.3 Å². The highest BCUT2D eigenvalue weighted by Gasteiger charge is 2.33. The molecule has 0 radical (unpaired) electrons. The molecule has 2 rings (SSSR count). The van der Waals surface area contributed by atoms with Crippen molar-refractivity contribution in [2.24, 2.45) is 0 Å². The van der Waals surface area contributed by atoms with Crippen LogP contribution < -0.4 is 5.32 Å². The fourth-order valence-electron chi connectivity index (χ4n) is 2.41. The minimum absolute atomic E-state index is 0.0130. The highest BCUT2D eigenvalue weighted by molar-refractivity contribution is 7.91. The van der Waals surface area contributed by atoms with Crippen LogP contribution >= 0.6 is 0 Å². The third kappa shape index (κ3) is 4.56. The number of carbonyl (C=O) groups excluding carboxylic acids is 2. The van der Waals surface area contributed by atoms with E-state index >= 15 is 0 Å². The van der Waals surface area contributed by atoms with Gasteiger partial charge in [-0.2, -0.15) is 0 Å². The lowest BCUT2D eigenvalue weighted by Gasteiger charge is -2.23. The normalized spacial score (nSPS) is 19.6. The monoisotopic (exact) mass is 324 g/mol. The maximum atomic E-state index is 12.0. The minimum atomic E-state index is -3.04. The van der Waals surface area contributed by atoms with Gasteiger partial charge in [-0.3, -0.25) is 9.59 Å². The fraction of sp³-hybridized carbons (Fsp3) is 0.467. The summed E-state index contributed by atoms with van der Waals surface area (Å²) in [5.74, 6) is -0.620. The fourth-order valence-corrected chi connectivity index (χ4v) is 4.18. The van der Waals surface area contributed by atoms with Crippen molar-refractivity contribution in [1.82, 2.24) is 10.2 Å². The highest BCUT2D eigenvalue weighted by atomic mass is 32.2. The zero-order valence-corrected chi connectivity index (χ0v) is 13.3. The lowest BCUT2D eigenvalue weighted by molar-refractivity contribution is -0.136. The smallest absolute Gasteiger partial charge is 0.232 e. The first kappa shape index (κ1) is 16.5. The first-order valence-corrected chi connectivity index (χ1v) is 8.96. The third-order valence-corrected chi connectivity index (χ3v) is 5.54. The number of nitrogens with zero attached hydrogens (tertiary/aromatic N) is 1. The molecule has 1 fully saturated rings. The standard InChI is InChI=1S/C15H20N2O4S/c1-17(13-7-8-22(20,21)11-13)15(19)9-14(18)16-10-12-5-3-2-4-6-12/h2-6,13H,7-11H2,1H3,(H,16,18). The molecule has 0 aliphatic carbocycles. The second-order valence-corrected chi connectivity index (χ2v) is 7.73. The van der Waals surface area contributed by atoms with Crippen LogP contribution in [0.15, 0.2) is 30.3 Å². The van der Waals surface area contributed by atoms with Crippen LogP contribution in [0.4, 0.5) is 0 Å². The van der Waals surface area contributed by atoms with E-state index in [4.69, 9.17) is 0 Å². The van der Waals surface area contributed by atoms with Gasteiger partial charge in [0.2, 0.25) is 11.8 Å². The number of benzene rings is 1. The molecule has 120 valence electrons. The van der Waals surface area contributed by atoms with Crippen LogP contribution in [-0.4, -0.2) is 49.7 Å². The van der Waals surface area contributed by atoms with Crippen molar-refractivity contribution in [1.29, 1.82) is 0 Å². The van der Waals surface area contributed by atoms with Gasteiger partial charge in [0, 0.05) is 19.6 Å². The van der Waals surface area contributed by atoms with Gasteiger partial charge in [0.05, 0.1) is 11.5 Å². The first-order valence-electron chi connectivity index (χ1n) is 7.14. The molecule has 7 heteroatoms. The molecule has 1 unspecified atom stereocenters. The van der Waals surface area contributed by atoms with E-state index in [1.54, 1.807) is 7.05 Å². The summed E-state index contributed by atoms with van der Waals surface area (Å²) in [4.78, 5) is 25.2. The largest absolute Gasteiger partial charge is 0.352 e. The van der Waals surface area contributed by atoms with Crippen molar-refractivity contribution < 1.29 is 18.0 Å². The van der Waals surface area contributed by atoms with Crippen molar-refractivity contribution in [2.45, 2.75) is 25.4 Å². The lowest BCUT2D eigenvalue weighted by Crippen LogP contribution is -2.40. The van der Waals surface area contributed by atoms with Crippen LogP contribution in [0, 0.1) is 0 Å². The van der Waals surface area contributed by atoms with E-state index in [-0.39, 0.29) is 35.8 Å². The summed E-state index contributed by atoms with van der Waals surface area (Å²) in [6, 6.07) is 9.09. The van der Waals surface area contributed by atoms with Crippen LogP contribution in [0.25, 0.3) is 0 Å². The maximum Gasteiger partial charge on any atom is 0.232 e. The van der Waals surface area contributed by atoms with E-state index in [1.807, 2.05) is 30.3 Å². The zero-order chi connectivity index (χ0) is 16.2. The number of nitrogens with one attached hydrogen (secondary N) is 1. The van der Waals surface area contributed by atoms with Crippen LogP contribution in [0.5, 0.6) is 0 Å². The lowest BCUT2D eigenvalue weighted by atomic mass is 10.2. The summed E-state index contributed by atoms with van der Waals surface area (Å²) < 4.78 is 22.9. The summed E-state index contributed by atoms with van der Waals surface area (Å²) >= 11 is 0. The molecule has 1 aromatic carbocycles. The zero-order valence-electron chi connectivity index (χ0n) is 12.5. The summed E-state index contributed by atoms with van der Waals surface area (Å²) in [5, 5.41) is 2.69. The van der Waals surface area contributed by atoms with Crippen molar-refractivity contribution in [3.05, 3.63) is 35.9 Å². The molecule has 0 spiro atoms. The van der Waals surface area contributed by atoms with Crippen LogP contribution in [-0.2, 0) is 26.0 Å². The van der Waals surface area contributed by atoms with Crippen molar-refractivity contribution in [3.63, 3.8) is 0 Å². The van der Waals surface area contributed by atoms with Gasteiger partial charge in [0.1, 0.15) is 6.42 Å². The Bertz CT molecular complexity index is 643. The van der Waals surface area contributed by atoms with E-state index in [2.05, 4.69) is 5.32 Å². The van der Waals surface area contributed by atoms with E-state index in [9.17, 15) is 18.0 Å². The second kappa shape index (κ2) is 6.91. The second-order valence-electron chi connectivity index (χ2n) is 5.50. The van der Waals surface area contributed by atoms with Gasteiger partial charge < -0.3 is 10.2 Å². The minimum Gasteiger partial charge on any atom is -0.352 e. The van der Waals surface area contributed by atoms with Gasteiger partial charge in [-0.15, -0.1) is 0 Å². The van der Waals surface area contributed by atoms with Crippen LogP contribution in [0.3, 0.4) is 0 Å². The molecule has 2 amide bonds. The molecule has 1 heterocycles. The number of hydrogen-bond acceptors (Lipinski definition) is 4. The summed E-state index contributed by atoms with van der Waals surface area (Å²) in [6.45, 7) is 0.370. The van der Waals surface area contributed by atoms with E-state index in [0.29, 0.717) is 13.0 Å². The van der Waals surface area contributed by atoms with E-state index < -0.39 is 9.84 Å². The Balaban J connectivity index is 1.80. The molecule has 0 bridgehead atoms. The predicted octanol–water partition coefficient (Wildman–Crippen LogP) is 0.338. The molecule has 0 saturated carbocycles. The van der Waals surface area contributed by atoms with Crippen molar-refractivity contribution in [3.8, 4) is 0 Å². The van der Waals surface area contributed by atoms with Gasteiger partial charge >= 0.3 is 0 Å². The quantitative estimate of drug-likeness (QED) is 0.792. The molecular formula is C15H20N2O4S. The number of carbonyl (C=O) groups is 2. The van der Waals surface area contributed by atoms with Gasteiger partial charge in [-0.05, 0) is 12.0 Å². The highest BCUT2D eigenvalue weighted by Crippen LogP contribution is 2.17. The van der Waals surface area contributed by atoms with E-state index in [1.165, 1.54) is 4.90 Å². The Labute approximate surface area is 130 Å². The topological polar surface area (TPSA) is 83.6 Å². The van der Waals surface area contributed by atoms with Crippen molar-refractivity contribution >= 4 is 21.7 Å². The number of rotatable bonds is 5. The summed E-state index contributed by atoms with van der Waals surface area (Å²) in [5.41, 5.74) is 0.957. The Hall–Kier alpha value is -1.89. The SMILES string of the molecule is CN(C(=O)CC(=O)NCc1ccccc1)C1CCS(=O)(=O)C1. The predicted molar refractivity (Wildman–Crippen MR) is 82.7 cm³/mol. The number of sulfone groups is 1. The third-order valence-electron chi connectivity index (χ3n) is 3.79. The molecule has 1 aromatic rings. The van der Waals surface area contributed by atoms with Gasteiger partial charge in [-0.25, -0.2) is 8.42 Å². The molecule has 22 heavy (non-hydrogen) atoms. The Morgan fingerprint density at radius 3 is 2.55 bits per heavy atom. The van der Waals surface area contributed by atoms with Crippen LogP contribution in [0.1, 0.15) is 18.4 Å². The Morgan fingerprint density at radius 2 is 1.95 bits per heavy atom. The van der Waals surface area contributed by atoms with Crippen molar-refractivity contribution in [2.75, 3.05) is 18.6 Å². The van der Waals surface area contributed by atoms with E-state index in [0.717, 1.165) is 5.56 Å². The number of hydrogen-bond donors (Lipinski definition) is 1. The average Bonchev–Trinajstić information content (AvgIpc) is 2.85. The molecule has 1 saturated heterocycles.